The Kier molecular flexibility index (Phi) is 5.08. The van der Waals surface area contributed by atoms with Gasteiger partial charge in [0.25, 0.3) is 0 Å². The number of H-pyrrole nitrogens is 1. The van der Waals surface area contributed by atoms with Crippen LogP contribution in [-0.2, 0) is 16.2 Å². The molecule has 10 heteroatoms. The number of nitrogens with zero attached hydrogens (tertiary/aromatic N) is 2. The minimum absolute atomic E-state index is 0.0150. The number of aromatic nitrogens is 2. The molecule has 5 nitrogen and oxygen atoms in total. The maximum Gasteiger partial charge on any atom is 0.417 e. The topological polar surface area (TPSA) is 66.1 Å². The molecule has 1 saturated heterocycles. The molecule has 0 unspecified atom stereocenters. The maximum absolute atomic E-state index is 13.4. The molecule has 4 rings (SSSR count). The third-order valence-corrected chi connectivity index (χ3v) is 7.31. The van der Waals surface area contributed by atoms with Gasteiger partial charge in [-0.05, 0) is 43.2 Å². The molecule has 0 spiro atoms. The fourth-order valence-electron chi connectivity index (χ4n) is 3.62. The van der Waals surface area contributed by atoms with Gasteiger partial charge in [0.15, 0.2) is 0 Å². The highest BCUT2D eigenvalue weighted by Gasteiger charge is 2.40. The van der Waals surface area contributed by atoms with Crippen molar-refractivity contribution in [3.05, 3.63) is 58.9 Å². The summed E-state index contributed by atoms with van der Waals surface area (Å²) in [7, 11) is -4.30. The average Bonchev–Trinajstić information content (AvgIpc) is 3.11. The molecule has 3 aromatic rings. The molecular weight excluding hydrogens is 427 g/mol. The number of halogens is 4. The number of para-hydroxylation sites is 2. The lowest BCUT2D eigenvalue weighted by Crippen LogP contribution is -2.38. The molecule has 1 fully saturated rings. The first-order valence-electron chi connectivity index (χ1n) is 8.98. The normalized spacial score (nSPS) is 17.1. The SMILES string of the molecule is O=S(=O)(c1ccc(Cl)cc1C(F)(F)F)N1CCC(c2nc3ccccc3[nH]2)CC1. The van der Waals surface area contributed by atoms with Gasteiger partial charge in [-0.25, -0.2) is 13.4 Å². The molecule has 0 saturated carbocycles. The molecule has 1 aliphatic rings. The van der Waals surface area contributed by atoms with Gasteiger partial charge in [-0.1, -0.05) is 23.7 Å². The quantitative estimate of drug-likeness (QED) is 0.632. The fourth-order valence-corrected chi connectivity index (χ4v) is 5.46. The second-order valence-corrected chi connectivity index (χ2v) is 9.30. The first-order valence-corrected chi connectivity index (χ1v) is 10.8. The number of alkyl halides is 3. The highest BCUT2D eigenvalue weighted by atomic mass is 35.5. The van der Waals surface area contributed by atoms with Crippen molar-refractivity contribution in [3.63, 3.8) is 0 Å². The van der Waals surface area contributed by atoms with E-state index in [-0.39, 0.29) is 24.0 Å². The van der Waals surface area contributed by atoms with E-state index in [1.807, 2.05) is 24.3 Å². The molecule has 2 aromatic carbocycles. The van der Waals surface area contributed by atoms with Crippen molar-refractivity contribution in [2.75, 3.05) is 13.1 Å². The highest BCUT2D eigenvalue weighted by molar-refractivity contribution is 7.89. The predicted octanol–water partition coefficient (Wildman–Crippen LogP) is 4.80. The van der Waals surface area contributed by atoms with E-state index in [2.05, 4.69) is 9.97 Å². The largest absolute Gasteiger partial charge is 0.417 e. The first kappa shape index (κ1) is 20.2. The van der Waals surface area contributed by atoms with E-state index < -0.39 is 26.7 Å². The van der Waals surface area contributed by atoms with Gasteiger partial charge in [-0.2, -0.15) is 17.5 Å². The summed E-state index contributed by atoms with van der Waals surface area (Å²) in [5.41, 5.74) is 0.478. The summed E-state index contributed by atoms with van der Waals surface area (Å²) in [6, 6.07) is 10.3. The minimum Gasteiger partial charge on any atom is -0.342 e. The second kappa shape index (κ2) is 7.30. The van der Waals surface area contributed by atoms with Gasteiger partial charge in [0.1, 0.15) is 5.82 Å². The van der Waals surface area contributed by atoms with Gasteiger partial charge in [0.2, 0.25) is 10.0 Å². The molecule has 0 amide bonds. The van der Waals surface area contributed by atoms with Gasteiger partial charge in [-0.15, -0.1) is 0 Å². The van der Waals surface area contributed by atoms with Crippen LogP contribution in [0.2, 0.25) is 5.02 Å². The Morgan fingerprint density at radius 3 is 2.45 bits per heavy atom. The molecule has 0 aliphatic carbocycles. The molecule has 1 aliphatic heterocycles. The maximum atomic E-state index is 13.4. The number of rotatable bonds is 3. The third kappa shape index (κ3) is 3.86. The Bertz CT molecular complexity index is 1120. The van der Waals surface area contributed by atoms with Crippen LogP contribution < -0.4 is 0 Å². The van der Waals surface area contributed by atoms with Crippen molar-refractivity contribution in [3.8, 4) is 0 Å². The van der Waals surface area contributed by atoms with Crippen molar-refractivity contribution >= 4 is 32.7 Å². The third-order valence-electron chi connectivity index (χ3n) is 5.11. The summed E-state index contributed by atoms with van der Waals surface area (Å²) < 4.78 is 67.0. The number of sulfonamides is 1. The summed E-state index contributed by atoms with van der Waals surface area (Å²) in [6.45, 7) is 0.230. The number of piperidine rings is 1. The van der Waals surface area contributed by atoms with Crippen LogP contribution in [0.15, 0.2) is 47.4 Å². The zero-order valence-electron chi connectivity index (χ0n) is 15.1. The minimum atomic E-state index is -4.82. The second-order valence-electron chi connectivity index (χ2n) is 6.96. The molecule has 1 aromatic heterocycles. The Labute approximate surface area is 170 Å². The van der Waals surface area contributed by atoms with Gasteiger partial charge in [-0.3, -0.25) is 0 Å². The summed E-state index contributed by atoms with van der Waals surface area (Å²) in [4.78, 5) is 7.03. The van der Waals surface area contributed by atoms with Crippen LogP contribution in [0.5, 0.6) is 0 Å². The Morgan fingerprint density at radius 1 is 1.10 bits per heavy atom. The molecule has 2 heterocycles. The van der Waals surface area contributed by atoms with E-state index in [0.717, 1.165) is 33.3 Å². The summed E-state index contributed by atoms with van der Waals surface area (Å²) in [6.07, 6.45) is -3.89. The Balaban J connectivity index is 1.56. The van der Waals surface area contributed by atoms with Gasteiger partial charge in [0, 0.05) is 24.0 Å². The van der Waals surface area contributed by atoms with Crippen molar-refractivity contribution in [1.82, 2.24) is 14.3 Å². The molecule has 1 N–H and O–H groups in total. The number of imidazole rings is 1. The molecule has 0 bridgehead atoms. The molecule has 0 atom stereocenters. The van der Waals surface area contributed by atoms with Gasteiger partial charge >= 0.3 is 6.18 Å². The van der Waals surface area contributed by atoms with Crippen LogP contribution in [0, 0.1) is 0 Å². The highest BCUT2D eigenvalue weighted by Crippen LogP contribution is 2.38. The standard InChI is InChI=1S/C19H17ClF3N3O2S/c20-13-5-6-17(14(11-13)19(21,22)23)29(27,28)26-9-7-12(8-10-26)18-24-15-3-1-2-4-16(15)25-18/h1-6,11-12H,7-10H2,(H,24,25). The van der Waals surface area contributed by atoms with Crippen LogP contribution in [0.3, 0.4) is 0 Å². The van der Waals surface area contributed by atoms with Gasteiger partial charge < -0.3 is 4.98 Å². The molecule has 29 heavy (non-hydrogen) atoms. The zero-order valence-corrected chi connectivity index (χ0v) is 16.7. The average molecular weight is 444 g/mol. The van der Waals surface area contributed by atoms with Crippen molar-refractivity contribution in [2.45, 2.75) is 29.8 Å². The summed E-state index contributed by atoms with van der Waals surface area (Å²) in [5, 5.41) is -0.167. The smallest absolute Gasteiger partial charge is 0.342 e. The molecule has 154 valence electrons. The number of aromatic amines is 1. The van der Waals surface area contributed by atoms with Crippen molar-refractivity contribution in [1.29, 1.82) is 0 Å². The summed E-state index contributed by atoms with van der Waals surface area (Å²) in [5.74, 6) is 0.784. The van der Waals surface area contributed by atoms with Crippen LogP contribution in [-0.4, -0.2) is 35.8 Å². The van der Waals surface area contributed by atoms with E-state index in [9.17, 15) is 21.6 Å². The lowest BCUT2D eigenvalue weighted by molar-refractivity contribution is -0.139. The van der Waals surface area contributed by atoms with Gasteiger partial charge in [0.05, 0.1) is 21.5 Å². The van der Waals surface area contributed by atoms with Crippen LogP contribution >= 0.6 is 11.6 Å². The van der Waals surface area contributed by atoms with E-state index in [4.69, 9.17) is 11.6 Å². The van der Waals surface area contributed by atoms with Crippen molar-refractivity contribution in [2.24, 2.45) is 0 Å². The predicted molar refractivity (Wildman–Crippen MR) is 103 cm³/mol. The van der Waals surface area contributed by atoms with Crippen LogP contribution in [0.1, 0.15) is 30.1 Å². The molecule has 0 radical (unpaired) electrons. The van der Waals surface area contributed by atoms with E-state index in [1.165, 1.54) is 0 Å². The number of hydrogen-bond acceptors (Lipinski definition) is 3. The van der Waals surface area contributed by atoms with E-state index in [0.29, 0.717) is 18.9 Å². The number of hydrogen-bond donors (Lipinski definition) is 1. The van der Waals surface area contributed by atoms with E-state index >= 15 is 0 Å². The lowest BCUT2D eigenvalue weighted by Gasteiger charge is -2.31. The number of fused-ring (bicyclic) bond motifs is 1. The lowest BCUT2D eigenvalue weighted by atomic mass is 9.97. The van der Waals surface area contributed by atoms with Crippen LogP contribution in [0.25, 0.3) is 11.0 Å². The fraction of sp³-hybridized carbons (Fsp3) is 0.316. The van der Waals surface area contributed by atoms with E-state index in [1.54, 1.807) is 0 Å². The number of benzene rings is 2. The Hall–Kier alpha value is -2.10. The number of nitrogens with one attached hydrogen (secondary N) is 1. The monoisotopic (exact) mass is 443 g/mol. The first-order chi connectivity index (χ1) is 13.7. The zero-order chi connectivity index (χ0) is 20.8. The summed E-state index contributed by atoms with van der Waals surface area (Å²) >= 11 is 5.66. The molecular formula is C19H17ClF3N3O2S. The van der Waals surface area contributed by atoms with Crippen molar-refractivity contribution < 1.29 is 21.6 Å². The van der Waals surface area contributed by atoms with Crippen LogP contribution in [0.4, 0.5) is 13.2 Å². The Morgan fingerprint density at radius 2 is 1.79 bits per heavy atom.